The van der Waals surface area contributed by atoms with Crippen LogP contribution in [0.5, 0.6) is 11.8 Å². The lowest BCUT2D eigenvalue weighted by Gasteiger charge is -2.11. The maximum Gasteiger partial charge on any atom is 0.388 e. The Bertz CT molecular complexity index is 1290. The molecule has 0 spiro atoms. The lowest BCUT2D eigenvalue weighted by atomic mass is 10.1. The second-order valence-electron chi connectivity index (χ2n) is 6.16. The van der Waals surface area contributed by atoms with E-state index in [-0.39, 0.29) is 5.88 Å². The molecule has 0 saturated heterocycles. The van der Waals surface area contributed by atoms with Gasteiger partial charge in [0.1, 0.15) is 17.9 Å². The number of halogens is 3. The third-order valence-electron chi connectivity index (χ3n) is 4.32. The minimum absolute atomic E-state index is 0.235. The number of alkyl halides is 2. The fourth-order valence-corrected chi connectivity index (χ4v) is 3.48. The van der Waals surface area contributed by atoms with Gasteiger partial charge < -0.3 is 9.47 Å². The van der Waals surface area contributed by atoms with Crippen molar-refractivity contribution in [2.24, 2.45) is 0 Å². The van der Waals surface area contributed by atoms with E-state index in [0.717, 1.165) is 0 Å². The molecule has 0 bridgehead atoms. The van der Waals surface area contributed by atoms with Gasteiger partial charge in [-0.15, -0.1) is 5.10 Å². The van der Waals surface area contributed by atoms with Gasteiger partial charge in [0.2, 0.25) is 11.8 Å². The Kier molecular flexibility index (Phi) is 5.09. The molecule has 0 amide bonds. The van der Waals surface area contributed by atoms with Crippen LogP contribution in [0.3, 0.4) is 0 Å². The fraction of sp³-hybridized carbons (Fsp3) is 0.158. The highest BCUT2D eigenvalue weighted by Crippen LogP contribution is 2.29. The highest BCUT2D eigenvalue weighted by molar-refractivity contribution is 9.10. The van der Waals surface area contributed by atoms with E-state index in [9.17, 15) is 14.0 Å². The third-order valence-corrected chi connectivity index (χ3v) is 4.89. The molecule has 0 aliphatic carbocycles. The maximum atomic E-state index is 12.5. The van der Waals surface area contributed by atoms with Crippen LogP contribution in [-0.2, 0) is 0 Å². The molecular formula is C19H13BrF2N6O2. The summed E-state index contributed by atoms with van der Waals surface area (Å²) in [5.74, 6) is 0.163. The lowest BCUT2D eigenvalue weighted by molar-refractivity contribution is -0.0530. The number of fused-ring (bicyclic) bond motifs is 1. The zero-order valence-electron chi connectivity index (χ0n) is 15.7. The van der Waals surface area contributed by atoms with E-state index in [1.807, 2.05) is 0 Å². The Morgan fingerprint density at radius 2 is 2.03 bits per heavy atom. The van der Waals surface area contributed by atoms with Crippen molar-refractivity contribution >= 4 is 27.1 Å². The molecule has 0 saturated carbocycles. The van der Waals surface area contributed by atoms with Crippen molar-refractivity contribution in [2.75, 3.05) is 7.11 Å². The normalized spacial score (nSPS) is 11.1. The standard InChI is InChI=1S/C19H13BrF2N6O2/c1-10-5-16(30-19(21)22)26-28(10)15-6-12(4-3-11(15)8-23)27-9-24-14-7-13(20)18(29-2)25-17(14)27/h3-7,9,19H,1-2H3. The van der Waals surface area contributed by atoms with E-state index in [0.29, 0.717) is 44.1 Å². The van der Waals surface area contributed by atoms with Gasteiger partial charge in [0.15, 0.2) is 5.65 Å². The SMILES string of the molecule is COc1nc2c(cc1Br)ncn2-c1ccc(C#N)c(-n2nc(OC(F)F)cc2C)c1. The summed E-state index contributed by atoms with van der Waals surface area (Å²) in [5, 5.41) is 13.6. The minimum Gasteiger partial charge on any atom is -0.480 e. The second kappa shape index (κ2) is 7.72. The number of benzene rings is 1. The van der Waals surface area contributed by atoms with Crippen LogP contribution in [0.4, 0.5) is 8.78 Å². The van der Waals surface area contributed by atoms with Gasteiger partial charge in [-0.3, -0.25) is 4.57 Å². The van der Waals surface area contributed by atoms with Crippen molar-refractivity contribution < 1.29 is 18.3 Å². The van der Waals surface area contributed by atoms with Crippen LogP contribution in [-0.4, -0.2) is 38.0 Å². The zero-order valence-corrected chi connectivity index (χ0v) is 17.3. The monoisotopic (exact) mass is 474 g/mol. The van der Waals surface area contributed by atoms with Crippen molar-refractivity contribution in [1.82, 2.24) is 24.3 Å². The smallest absolute Gasteiger partial charge is 0.388 e. The van der Waals surface area contributed by atoms with Crippen molar-refractivity contribution in [3.05, 3.63) is 52.4 Å². The van der Waals surface area contributed by atoms with E-state index in [2.05, 4.69) is 41.8 Å². The summed E-state index contributed by atoms with van der Waals surface area (Å²) < 4.78 is 38.5. The molecule has 3 heterocycles. The number of nitriles is 1. The Balaban J connectivity index is 1.86. The summed E-state index contributed by atoms with van der Waals surface area (Å²) in [7, 11) is 1.51. The van der Waals surface area contributed by atoms with E-state index in [1.54, 1.807) is 42.1 Å². The number of rotatable bonds is 5. The first-order chi connectivity index (χ1) is 14.4. The first-order valence-corrected chi connectivity index (χ1v) is 9.34. The molecule has 0 aliphatic rings. The van der Waals surface area contributed by atoms with Crippen LogP contribution in [0, 0.1) is 18.3 Å². The molecule has 0 atom stereocenters. The van der Waals surface area contributed by atoms with Crippen molar-refractivity contribution in [1.29, 1.82) is 5.26 Å². The highest BCUT2D eigenvalue weighted by atomic mass is 79.9. The van der Waals surface area contributed by atoms with Crippen molar-refractivity contribution in [3.63, 3.8) is 0 Å². The number of ether oxygens (including phenoxy) is 2. The predicted molar refractivity (Wildman–Crippen MR) is 106 cm³/mol. The van der Waals surface area contributed by atoms with Gasteiger partial charge in [-0.05, 0) is 47.1 Å². The maximum absolute atomic E-state index is 12.5. The minimum atomic E-state index is -2.99. The molecule has 0 fully saturated rings. The molecule has 8 nitrogen and oxygen atoms in total. The predicted octanol–water partition coefficient (Wildman–Crippen LogP) is 4.16. The van der Waals surface area contributed by atoms with Gasteiger partial charge in [0.05, 0.1) is 28.5 Å². The molecule has 0 N–H and O–H groups in total. The van der Waals surface area contributed by atoms with Gasteiger partial charge in [-0.2, -0.15) is 19.0 Å². The molecule has 4 aromatic rings. The first-order valence-electron chi connectivity index (χ1n) is 8.55. The van der Waals surface area contributed by atoms with E-state index >= 15 is 0 Å². The third kappa shape index (κ3) is 3.46. The number of hydrogen-bond donors (Lipinski definition) is 0. The zero-order chi connectivity index (χ0) is 21.4. The molecule has 11 heteroatoms. The molecule has 1 aromatic carbocycles. The van der Waals surface area contributed by atoms with Crippen molar-refractivity contribution in [3.8, 4) is 29.2 Å². The number of imidazole rings is 1. The molecule has 4 rings (SSSR count). The number of nitrogens with zero attached hydrogens (tertiary/aromatic N) is 6. The highest BCUT2D eigenvalue weighted by Gasteiger charge is 2.17. The molecule has 0 unspecified atom stereocenters. The topological polar surface area (TPSA) is 90.8 Å². The number of aryl methyl sites for hydroxylation is 1. The van der Waals surface area contributed by atoms with E-state index in [4.69, 9.17) is 4.74 Å². The molecule has 3 aromatic heterocycles. The van der Waals surface area contributed by atoms with Crippen LogP contribution in [0.15, 0.2) is 41.1 Å². The van der Waals surface area contributed by atoms with Crippen molar-refractivity contribution in [2.45, 2.75) is 13.5 Å². The van der Waals surface area contributed by atoms with Crippen LogP contribution >= 0.6 is 15.9 Å². The molecule has 152 valence electrons. The summed E-state index contributed by atoms with van der Waals surface area (Å²) in [5.41, 5.74) is 3.07. The Hall–Kier alpha value is -3.52. The quantitative estimate of drug-likeness (QED) is 0.431. The Morgan fingerprint density at radius 1 is 1.23 bits per heavy atom. The number of pyridine rings is 1. The Morgan fingerprint density at radius 3 is 2.73 bits per heavy atom. The van der Waals surface area contributed by atoms with Gasteiger partial charge in [-0.1, -0.05) is 0 Å². The summed E-state index contributed by atoms with van der Waals surface area (Å²) >= 11 is 3.38. The number of methoxy groups -OCH3 is 1. The van der Waals surface area contributed by atoms with Crippen LogP contribution in [0.2, 0.25) is 0 Å². The number of aromatic nitrogens is 5. The van der Waals surface area contributed by atoms with Crippen LogP contribution < -0.4 is 9.47 Å². The van der Waals surface area contributed by atoms with Crippen LogP contribution in [0.25, 0.3) is 22.5 Å². The summed E-state index contributed by atoms with van der Waals surface area (Å²) in [6.07, 6.45) is 1.59. The second-order valence-corrected chi connectivity index (χ2v) is 7.02. The number of hydrogen-bond acceptors (Lipinski definition) is 6. The van der Waals surface area contributed by atoms with E-state index < -0.39 is 6.61 Å². The van der Waals surface area contributed by atoms with Gasteiger partial charge in [0.25, 0.3) is 0 Å². The molecular weight excluding hydrogens is 462 g/mol. The average molecular weight is 475 g/mol. The van der Waals surface area contributed by atoms with Gasteiger partial charge >= 0.3 is 6.61 Å². The largest absolute Gasteiger partial charge is 0.480 e. The van der Waals surface area contributed by atoms with Crippen LogP contribution in [0.1, 0.15) is 11.3 Å². The Labute approximate surface area is 177 Å². The summed E-state index contributed by atoms with van der Waals surface area (Å²) in [4.78, 5) is 8.82. The summed E-state index contributed by atoms with van der Waals surface area (Å²) in [6, 6.07) is 10.3. The van der Waals surface area contributed by atoms with Gasteiger partial charge in [-0.25, -0.2) is 9.67 Å². The van der Waals surface area contributed by atoms with E-state index in [1.165, 1.54) is 17.9 Å². The first kappa shape index (κ1) is 19.8. The fourth-order valence-electron chi connectivity index (χ4n) is 3.01. The molecule has 0 radical (unpaired) electrons. The summed E-state index contributed by atoms with van der Waals surface area (Å²) in [6.45, 7) is -1.32. The van der Waals surface area contributed by atoms with Gasteiger partial charge in [0, 0.05) is 11.8 Å². The average Bonchev–Trinajstić information content (AvgIpc) is 3.28. The molecule has 0 aliphatic heterocycles. The molecule has 30 heavy (non-hydrogen) atoms. The lowest BCUT2D eigenvalue weighted by Crippen LogP contribution is -2.06.